The van der Waals surface area contributed by atoms with Crippen LogP contribution in [0.3, 0.4) is 0 Å². The van der Waals surface area contributed by atoms with Gasteiger partial charge in [-0.25, -0.2) is 9.59 Å². The van der Waals surface area contributed by atoms with E-state index in [1.807, 2.05) is 13.8 Å². The number of esters is 1. The van der Waals surface area contributed by atoms with Crippen LogP contribution in [0.15, 0.2) is 0 Å². The first kappa shape index (κ1) is 38.0. The molecule has 2 fully saturated rings. The Morgan fingerprint density at radius 2 is 1.38 bits per heavy atom. The van der Waals surface area contributed by atoms with Crippen LogP contribution in [0.1, 0.15) is 108 Å². The summed E-state index contributed by atoms with van der Waals surface area (Å²) >= 11 is 0. The van der Waals surface area contributed by atoms with Crippen molar-refractivity contribution in [1.82, 2.24) is 20.9 Å². The maximum absolute atomic E-state index is 14.2. The third kappa shape index (κ3) is 10.7. The fourth-order valence-corrected chi connectivity index (χ4v) is 5.68. The number of rotatable bonds is 11. The van der Waals surface area contributed by atoms with Gasteiger partial charge in [-0.2, -0.15) is 0 Å². The van der Waals surface area contributed by atoms with Crippen LogP contribution in [-0.4, -0.2) is 76.7 Å². The van der Waals surface area contributed by atoms with Crippen molar-refractivity contribution >= 4 is 35.5 Å². The number of carbonyl (C=O) groups is 6. The summed E-state index contributed by atoms with van der Waals surface area (Å²) in [6.45, 7) is 20.3. The number of carbonyl (C=O) groups excluding carboxylic acids is 6. The zero-order valence-electron chi connectivity index (χ0n) is 29.2. The normalized spacial score (nSPS) is 21.3. The number of nitrogens with one attached hydrogen (secondary N) is 3. The Balaban J connectivity index is 2.33. The number of likely N-dealkylation sites (tertiary alicyclic amines) is 1. The molecule has 45 heavy (non-hydrogen) atoms. The van der Waals surface area contributed by atoms with Crippen molar-refractivity contribution in [1.29, 1.82) is 0 Å². The molecule has 2 rings (SSSR count). The van der Waals surface area contributed by atoms with E-state index >= 15 is 0 Å². The Hall–Kier alpha value is -3.18. The first-order valence-corrected chi connectivity index (χ1v) is 16.2. The van der Waals surface area contributed by atoms with Crippen LogP contribution in [0.5, 0.6) is 0 Å². The molecule has 2 aliphatic rings. The van der Waals surface area contributed by atoms with Crippen molar-refractivity contribution in [2.75, 3.05) is 6.54 Å². The summed E-state index contributed by atoms with van der Waals surface area (Å²) in [5.41, 5.74) is 3.07. The average Bonchev–Trinajstić information content (AvgIpc) is 3.30. The Labute approximate surface area is 268 Å². The van der Waals surface area contributed by atoms with Gasteiger partial charge in [0.25, 0.3) is 5.91 Å². The van der Waals surface area contributed by atoms with Crippen LogP contribution in [0.25, 0.3) is 0 Å². The third-order valence-corrected chi connectivity index (χ3v) is 8.70. The van der Waals surface area contributed by atoms with Gasteiger partial charge in [-0.1, -0.05) is 74.7 Å². The minimum absolute atomic E-state index is 0.00601. The first-order chi connectivity index (χ1) is 20.4. The van der Waals surface area contributed by atoms with Crippen LogP contribution in [-0.2, 0) is 28.7 Å². The SMILES string of the molecule is CC(C)C1CC(C(=O)NC(CC2CCC2)C(=O)C(N)=O)N(C(=O)C(NC(=O)NC(C(=O)OC(C)(C)C)C(C)(C)C)C(C)(C)C)C1. The van der Waals surface area contributed by atoms with Gasteiger partial charge >= 0.3 is 12.0 Å². The molecule has 0 aromatic carbocycles. The highest BCUT2D eigenvalue weighted by molar-refractivity contribution is 6.37. The molecule has 1 saturated carbocycles. The fourth-order valence-electron chi connectivity index (χ4n) is 5.68. The second-order valence-electron chi connectivity index (χ2n) is 16.3. The van der Waals surface area contributed by atoms with Crippen molar-refractivity contribution in [3.63, 3.8) is 0 Å². The van der Waals surface area contributed by atoms with Gasteiger partial charge in [0.1, 0.15) is 23.7 Å². The van der Waals surface area contributed by atoms with E-state index in [-0.39, 0.29) is 24.3 Å². The number of Topliss-reactive ketones (excluding diaryl/α,β-unsaturated/α-hetero) is 1. The Kier molecular flexibility index (Phi) is 12.2. The second kappa shape index (κ2) is 14.5. The molecule has 5 unspecified atom stereocenters. The predicted molar refractivity (Wildman–Crippen MR) is 171 cm³/mol. The number of urea groups is 1. The lowest BCUT2D eigenvalue weighted by atomic mass is 9.80. The van der Waals surface area contributed by atoms with Crippen molar-refractivity contribution < 1.29 is 33.5 Å². The Morgan fingerprint density at radius 1 is 0.844 bits per heavy atom. The summed E-state index contributed by atoms with van der Waals surface area (Å²) in [6.07, 6.45) is 3.53. The molecule has 12 heteroatoms. The summed E-state index contributed by atoms with van der Waals surface area (Å²) in [7, 11) is 0. The molecule has 0 spiro atoms. The highest BCUT2D eigenvalue weighted by Gasteiger charge is 2.47. The van der Waals surface area contributed by atoms with Gasteiger partial charge in [-0.15, -0.1) is 0 Å². The molecule has 0 radical (unpaired) electrons. The number of nitrogens with zero attached hydrogens (tertiary/aromatic N) is 1. The minimum Gasteiger partial charge on any atom is -0.458 e. The number of ether oxygens (including phenoxy) is 1. The number of hydrogen-bond donors (Lipinski definition) is 4. The highest BCUT2D eigenvalue weighted by atomic mass is 16.6. The number of hydrogen-bond acceptors (Lipinski definition) is 7. The maximum atomic E-state index is 14.2. The van der Waals surface area contributed by atoms with Gasteiger partial charge in [-0.05, 0) is 62.2 Å². The van der Waals surface area contributed by atoms with Gasteiger partial charge in [0.2, 0.25) is 17.6 Å². The molecular formula is C33H57N5O7. The van der Waals surface area contributed by atoms with Gasteiger partial charge in [0, 0.05) is 6.54 Å². The molecule has 1 saturated heterocycles. The average molecular weight is 636 g/mol. The van der Waals surface area contributed by atoms with Gasteiger partial charge in [0.15, 0.2) is 0 Å². The zero-order chi connectivity index (χ0) is 34.7. The van der Waals surface area contributed by atoms with Crippen molar-refractivity contribution in [2.24, 2.45) is 34.3 Å². The van der Waals surface area contributed by atoms with E-state index in [0.717, 1.165) is 19.3 Å². The van der Waals surface area contributed by atoms with Crippen molar-refractivity contribution in [2.45, 2.75) is 138 Å². The summed E-state index contributed by atoms with van der Waals surface area (Å²) in [5, 5.41) is 8.23. The number of primary amides is 1. The molecule has 5 amide bonds. The monoisotopic (exact) mass is 635 g/mol. The van der Waals surface area contributed by atoms with Crippen LogP contribution in [0.2, 0.25) is 0 Å². The predicted octanol–water partition coefficient (Wildman–Crippen LogP) is 3.06. The molecule has 1 aliphatic heterocycles. The van der Waals surface area contributed by atoms with Crippen LogP contribution in [0, 0.1) is 28.6 Å². The van der Waals surface area contributed by atoms with E-state index in [0.29, 0.717) is 12.8 Å². The summed E-state index contributed by atoms with van der Waals surface area (Å²) < 4.78 is 5.55. The second-order valence-corrected chi connectivity index (χ2v) is 16.3. The van der Waals surface area contributed by atoms with E-state index in [9.17, 15) is 28.8 Å². The molecule has 1 aliphatic carbocycles. The number of amides is 5. The topological polar surface area (TPSA) is 177 Å². The van der Waals surface area contributed by atoms with Crippen molar-refractivity contribution in [3.8, 4) is 0 Å². The van der Waals surface area contributed by atoms with E-state index in [2.05, 4.69) is 16.0 Å². The zero-order valence-corrected chi connectivity index (χ0v) is 29.2. The standard InChI is InChI=1S/C33H57N5O7/c1-18(2)20-16-22(27(41)35-21(23(39)26(34)40)15-19-13-12-14-19)38(17-20)28(42)24(31(3,4)5)36-30(44)37-25(32(6,7)8)29(43)45-33(9,10)11/h18-22,24-25H,12-17H2,1-11H3,(H2,34,40)(H,35,41)(H2,36,37,44). The minimum atomic E-state index is -1.11. The largest absolute Gasteiger partial charge is 0.458 e. The lowest BCUT2D eigenvalue weighted by molar-refractivity contribution is -0.160. The Morgan fingerprint density at radius 3 is 1.80 bits per heavy atom. The number of ketones is 1. The molecule has 0 aromatic heterocycles. The molecule has 1 heterocycles. The lowest BCUT2D eigenvalue weighted by Gasteiger charge is -2.37. The molecule has 5 N–H and O–H groups in total. The maximum Gasteiger partial charge on any atom is 0.329 e. The quantitative estimate of drug-likeness (QED) is 0.199. The molecular weight excluding hydrogens is 578 g/mol. The van der Waals surface area contributed by atoms with E-state index in [4.69, 9.17) is 10.5 Å². The third-order valence-electron chi connectivity index (χ3n) is 8.70. The van der Waals surface area contributed by atoms with E-state index in [1.54, 1.807) is 62.3 Å². The molecule has 5 atom stereocenters. The molecule has 0 bridgehead atoms. The van der Waals surface area contributed by atoms with Gasteiger partial charge in [-0.3, -0.25) is 19.2 Å². The summed E-state index contributed by atoms with van der Waals surface area (Å²) in [5.74, 6) is -3.17. The molecule has 12 nitrogen and oxygen atoms in total. The van der Waals surface area contributed by atoms with E-state index in [1.165, 1.54) is 4.90 Å². The van der Waals surface area contributed by atoms with Crippen LogP contribution < -0.4 is 21.7 Å². The van der Waals surface area contributed by atoms with Crippen molar-refractivity contribution in [3.05, 3.63) is 0 Å². The Bertz CT molecular complexity index is 1130. The smallest absolute Gasteiger partial charge is 0.329 e. The lowest BCUT2D eigenvalue weighted by Crippen LogP contribution is -2.62. The molecule has 256 valence electrons. The van der Waals surface area contributed by atoms with Crippen LogP contribution >= 0.6 is 0 Å². The number of nitrogens with two attached hydrogens (primary N) is 1. The highest BCUT2D eigenvalue weighted by Crippen LogP contribution is 2.34. The van der Waals surface area contributed by atoms with Gasteiger partial charge in [0.05, 0.1) is 6.04 Å². The first-order valence-electron chi connectivity index (χ1n) is 16.2. The summed E-state index contributed by atoms with van der Waals surface area (Å²) in [6, 6.07) is -4.75. The fraction of sp³-hybridized carbons (Fsp3) is 0.818. The molecule has 0 aromatic rings. The van der Waals surface area contributed by atoms with Crippen LogP contribution in [0.4, 0.5) is 4.79 Å². The van der Waals surface area contributed by atoms with E-state index < -0.39 is 76.1 Å². The summed E-state index contributed by atoms with van der Waals surface area (Å²) in [4.78, 5) is 80.3. The van der Waals surface area contributed by atoms with Gasteiger partial charge < -0.3 is 31.3 Å².